The Hall–Kier alpha value is -3.58. The quantitative estimate of drug-likeness (QED) is 0.539. The van der Waals surface area contributed by atoms with Crippen LogP contribution in [0, 0.1) is 6.92 Å². The molecule has 1 aliphatic rings. The molecule has 32 heavy (non-hydrogen) atoms. The van der Waals surface area contributed by atoms with Gasteiger partial charge in [0.25, 0.3) is 5.56 Å². The smallest absolute Gasteiger partial charge is 0.330 e. The van der Waals surface area contributed by atoms with Crippen LogP contribution in [0.15, 0.2) is 64.3 Å². The SMILES string of the molecule is CCn1c(=O)cc(N2CCOCC2)c2cc(-n3c(-c4ccc(C)cc4)c[nH]c3=O)ccc21. The maximum absolute atomic E-state index is 12.8. The average molecular weight is 431 g/mol. The second-order valence-corrected chi connectivity index (χ2v) is 8.09. The number of aryl methyl sites for hydroxylation is 2. The second-order valence-electron chi connectivity index (χ2n) is 8.09. The lowest BCUT2D eigenvalue weighted by Gasteiger charge is -2.30. The largest absolute Gasteiger partial charge is 0.378 e. The van der Waals surface area contributed by atoms with Gasteiger partial charge < -0.3 is 19.2 Å². The fourth-order valence-corrected chi connectivity index (χ4v) is 4.45. The number of benzene rings is 2. The summed E-state index contributed by atoms with van der Waals surface area (Å²) in [7, 11) is 0. The highest BCUT2D eigenvalue weighted by Crippen LogP contribution is 2.29. The van der Waals surface area contributed by atoms with E-state index in [9.17, 15) is 9.59 Å². The minimum absolute atomic E-state index is 0.0200. The summed E-state index contributed by atoms with van der Waals surface area (Å²) >= 11 is 0. The minimum Gasteiger partial charge on any atom is -0.378 e. The predicted octanol–water partition coefficient (Wildman–Crippen LogP) is 3.31. The Morgan fingerprint density at radius 2 is 1.75 bits per heavy atom. The number of morpholine rings is 1. The number of rotatable bonds is 4. The summed E-state index contributed by atoms with van der Waals surface area (Å²) in [4.78, 5) is 30.6. The summed E-state index contributed by atoms with van der Waals surface area (Å²) in [5.74, 6) is 0. The molecule has 3 heterocycles. The maximum Gasteiger partial charge on any atom is 0.330 e. The van der Waals surface area contributed by atoms with Crippen LogP contribution < -0.4 is 16.1 Å². The van der Waals surface area contributed by atoms with Crippen LogP contribution in [0.5, 0.6) is 0 Å². The summed E-state index contributed by atoms with van der Waals surface area (Å²) in [6, 6.07) is 15.7. The molecule has 1 aliphatic heterocycles. The Morgan fingerprint density at radius 3 is 2.47 bits per heavy atom. The summed E-state index contributed by atoms with van der Waals surface area (Å²) in [6.07, 6.45) is 1.74. The number of fused-ring (bicyclic) bond motifs is 1. The van der Waals surface area contributed by atoms with Gasteiger partial charge in [-0.25, -0.2) is 4.79 Å². The first-order valence-electron chi connectivity index (χ1n) is 10.9. The lowest BCUT2D eigenvalue weighted by molar-refractivity contribution is 0.123. The van der Waals surface area contributed by atoms with E-state index >= 15 is 0 Å². The second kappa shape index (κ2) is 8.16. The molecule has 0 spiro atoms. The predicted molar refractivity (Wildman–Crippen MR) is 127 cm³/mol. The van der Waals surface area contributed by atoms with Crippen molar-refractivity contribution in [2.24, 2.45) is 0 Å². The van der Waals surface area contributed by atoms with Crippen molar-refractivity contribution in [3.63, 3.8) is 0 Å². The molecule has 164 valence electrons. The number of hydrogen-bond acceptors (Lipinski definition) is 4. The molecule has 5 rings (SSSR count). The van der Waals surface area contributed by atoms with E-state index in [2.05, 4.69) is 9.88 Å². The van der Waals surface area contributed by atoms with E-state index in [0.717, 1.165) is 52.2 Å². The zero-order valence-corrected chi connectivity index (χ0v) is 18.3. The first-order valence-corrected chi connectivity index (χ1v) is 10.9. The van der Waals surface area contributed by atoms with Crippen molar-refractivity contribution in [1.82, 2.24) is 14.1 Å². The standard InChI is InChI=1S/C25H26N4O3/c1-3-28-21-9-8-19(14-20(21)22(15-24(28)30)27-10-12-32-13-11-27)29-23(16-26-25(29)31)18-6-4-17(2)5-7-18/h4-9,14-16H,3,10-13H2,1-2H3,(H,26,31). The zero-order valence-electron chi connectivity index (χ0n) is 18.3. The summed E-state index contributed by atoms with van der Waals surface area (Å²) in [5, 5.41) is 0.953. The number of imidazole rings is 1. The van der Waals surface area contributed by atoms with Crippen molar-refractivity contribution in [3.8, 4) is 16.9 Å². The number of aromatic amines is 1. The van der Waals surface area contributed by atoms with Crippen molar-refractivity contribution in [2.45, 2.75) is 20.4 Å². The highest BCUT2D eigenvalue weighted by Gasteiger charge is 2.18. The summed E-state index contributed by atoms with van der Waals surface area (Å²) < 4.78 is 8.96. The van der Waals surface area contributed by atoms with Gasteiger partial charge in [-0.1, -0.05) is 29.8 Å². The molecule has 0 amide bonds. The van der Waals surface area contributed by atoms with Crippen LogP contribution in [0.3, 0.4) is 0 Å². The molecule has 2 aromatic carbocycles. The van der Waals surface area contributed by atoms with Crippen LogP contribution in [0.25, 0.3) is 27.8 Å². The normalized spacial score (nSPS) is 14.2. The van der Waals surface area contributed by atoms with Gasteiger partial charge in [-0.2, -0.15) is 0 Å². The lowest BCUT2D eigenvalue weighted by atomic mass is 10.1. The van der Waals surface area contributed by atoms with Crippen molar-refractivity contribution < 1.29 is 4.74 Å². The van der Waals surface area contributed by atoms with E-state index in [1.165, 1.54) is 0 Å². The molecule has 7 heteroatoms. The topological polar surface area (TPSA) is 72.3 Å². The zero-order chi connectivity index (χ0) is 22.2. The number of hydrogen-bond donors (Lipinski definition) is 1. The highest BCUT2D eigenvalue weighted by atomic mass is 16.5. The van der Waals surface area contributed by atoms with Crippen molar-refractivity contribution in [3.05, 3.63) is 81.1 Å². The van der Waals surface area contributed by atoms with Crippen molar-refractivity contribution in [1.29, 1.82) is 0 Å². The van der Waals surface area contributed by atoms with E-state index in [-0.39, 0.29) is 11.2 Å². The molecule has 1 fully saturated rings. The molecular weight excluding hydrogens is 404 g/mol. The molecule has 0 bridgehead atoms. The van der Waals surface area contributed by atoms with Crippen LogP contribution in [0.4, 0.5) is 5.69 Å². The highest BCUT2D eigenvalue weighted by molar-refractivity contribution is 5.93. The van der Waals surface area contributed by atoms with Crippen molar-refractivity contribution in [2.75, 3.05) is 31.2 Å². The Balaban J connectivity index is 1.73. The van der Waals surface area contributed by atoms with Crippen molar-refractivity contribution >= 4 is 16.6 Å². The van der Waals surface area contributed by atoms with E-state index < -0.39 is 0 Å². The fourth-order valence-electron chi connectivity index (χ4n) is 4.45. The number of aromatic nitrogens is 3. The third-order valence-electron chi connectivity index (χ3n) is 6.12. The number of H-pyrrole nitrogens is 1. The van der Waals surface area contributed by atoms with E-state index in [0.29, 0.717) is 19.8 Å². The maximum atomic E-state index is 12.8. The van der Waals surface area contributed by atoms with Crippen LogP contribution >= 0.6 is 0 Å². The fraction of sp³-hybridized carbons (Fsp3) is 0.280. The van der Waals surface area contributed by atoms with Crippen LogP contribution in [0.1, 0.15) is 12.5 Å². The lowest BCUT2D eigenvalue weighted by Crippen LogP contribution is -2.37. The van der Waals surface area contributed by atoms with Crippen LogP contribution in [-0.4, -0.2) is 40.4 Å². The number of ether oxygens (including phenoxy) is 1. The van der Waals surface area contributed by atoms with Gasteiger partial charge in [0.15, 0.2) is 0 Å². The van der Waals surface area contributed by atoms with E-state index in [4.69, 9.17) is 4.74 Å². The Labute approximate surface area is 185 Å². The molecular formula is C25H26N4O3. The molecule has 0 saturated carbocycles. The summed E-state index contributed by atoms with van der Waals surface area (Å²) in [5.41, 5.74) is 5.22. The first-order chi connectivity index (χ1) is 15.6. The van der Waals surface area contributed by atoms with Gasteiger partial charge in [-0.3, -0.25) is 9.36 Å². The van der Waals surface area contributed by atoms with E-state index in [1.807, 2.05) is 56.3 Å². The first kappa shape index (κ1) is 20.3. The van der Waals surface area contributed by atoms with Gasteiger partial charge in [0.05, 0.1) is 35.8 Å². The van der Waals surface area contributed by atoms with Crippen LogP contribution in [0.2, 0.25) is 0 Å². The Kier molecular flexibility index (Phi) is 5.19. The minimum atomic E-state index is -0.198. The van der Waals surface area contributed by atoms with Gasteiger partial charge in [0.2, 0.25) is 0 Å². The van der Waals surface area contributed by atoms with E-state index in [1.54, 1.807) is 21.4 Å². The monoisotopic (exact) mass is 430 g/mol. The molecule has 1 N–H and O–H groups in total. The Morgan fingerprint density at radius 1 is 1.00 bits per heavy atom. The molecule has 0 aliphatic carbocycles. The number of anilines is 1. The number of pyridine rings is 1. The molecule has 0 unspecified atom stereocenters. The average Bonchev–Trinajstić information content (AvgIpc) is 3.20. The van der Waals surface area contributed by atoms with Gasteiger partial charge in [-0.15, -0.1) is 0 Å². The number of nitrogens with one attached hydrogen (secondary N) is 1. The molecule has 4 aromatic rings. The van der Waals surface area contributed by atoms with Gasteiger partial charge in [0, 0.05) is 42.8 Å². The van der Waals surface area contributed by atoms with Gasteiger partial charge >= 0.3 is 5.69 Å². The Bertz CT molecular complexity index is 1390. The molecule has 7 nitrogen and oxygen atoms in total. The van der Waals surface area contributed by atoms with Gasteiger partial charge in [-0.05, 0) is 32.0 Å². The van der Waals surface area contributed by atoms with Gasteiger partial charge in [0.1, 0.15) is 0 Å². The molecule has 1 saturated heterocycles. The number of nitrogens with zero attached hydrogens (tertiary/aromatic N) is 3. The molecule has 0 radical (unpaired) electrons. The third kappa shape index (κ3) is 3.44. The molecule has 2 aromatic heterocycles. The summed E-state index contributed by atoms with van der Waals surface area (Å²) in [6.45, 7) is 7.31. The van der Waals surface area contributed by atoms with Crippen LogP contribution in [-0.2, 0) is 11.3 Å². The molecule has 0 atom stereocenters. The third-order valence-corrected chi connectivity index (χ3v) is 6.12.